The number of esters is 1. The first-order valence-corrected chi connectivity index (χ1v) is 7.37. The number of carbonyl (C=O) groups excluding carboxylic acids is 1. The van der Waals surface area contributed by atoms with Crippen LogP contribution in [0.2, 0.25) is 0 Å². The number of rotatable bonds is 6. The summed E-state index contributed by atoms with van der Waals surface area (Å²) in [7, 11) is 0. The van der Waals surface area contributed by atoms with Crippen LogP contribution in [0.25, 0.3) is 0 Å². The molecule has 0 saturated heterocycles. The summed E-state index contributed by atoms with van der Waals surface area (Å²) in [6, 6.07) is 21.5. The first kappa shape index (κ1) is 15.8. The molecule has 1 atom stereocenters. The van der Waals surface area contributed by atoms with Gasteiger partial charge in [-0.1, -0.05) is 67.6 Å². The summed E-state index contributed by atoms with van der Waals surface area (Å²) >= 11 is 0. The highest BCUT2D eigenvalue weighted by molar-refractivity contribution is 5.70. The van der Waals surface area contributed by atoms with Gasteiger partial charge >= 0.3 is 5.97 Å². The van der Waals surface area contributed by atoms with E-state index in [9.17, 15) is 4.79 Å². The number of carbonyl (C=O) groups is 1. The van der Waals surface area contributed by atoms with Crippen LogP contribution in [0.5, 0.6) is 0 Å². The van der Waals surface area contributed by atoms with Crippen LogP contribution in [0.4, 0.5) is 0 Å². The van der Waals surface area contributed by atoms with Crippen molar-refractivity contribution in [1.82, 2.24) is 0 Å². The van der Waals surface area contributed by atoms with E-state index in [1.165, 1.54) is 0 Å². The summed E-state index contributed by atoms with van der Waals surface area (Å²) in [5.74, 6) is -0.273. The van der Waals surface area contributed by atoms with Crippen molar-refractivity contribution in [2.45, 2.75) is 25.9 Å². The maximum Gasteiger partial charge on any atom is 0.307 e. The lowest BCUT2D eigenvalue weighted by Crippen LogP contribution is -2.15. The van der Waals surface area contributed by atoms with Crippen LogP contribution in [-0.2, 0) is 9.53 Å². The molecule has 0 bridgehead atoms. The number of benzene rings is 2. The molecule has 0 heterocycles. The Labute approximate surface area is 131 Å². The number of hydrogen-bond acceptors (Lipinski definition) is 3. The zero-order valence-electron chi connectivity index (χ0n) is 12.6. The van der Waals surface area contributed by atoms with Crippen molar-refractivity contribution in [3.63, 3.8) is 0 Å². The topological polar surface area (TPSA) is 50.1 Å². The van der Waals surface area contributed by atoms with E-state index < -0.39 is 6.10 Å². The van der Waals surface area contributed by atoms with E-state index >= 15 is 0 Å². The lowest BCUT2D eigenvalue weighted by Gasteiger charge is -2.19. The minimum absolute atomic E-state index is 0.00435. The lowest BCUT2D eigenvalue weighted by molar-refractivity contribution is -0.148. The zero-order valence-corrected chi connectivity index (χ0v) is 12.6. The number of ether oxygens (including phenoxy) is 1. The van der Waals surface area contributed by atoms with Gasteiger partial charge in [-0.2, -0.15) is 5.26 Å². The smallest absolute Gasteiger partial charge is 0.307 e. The van der Waals surface area contributed by atoms with Crippen LogP contribution in [-0.4, -0.2) is 5.97 Å². The molecule has 2 rings (SSSR count). The number of nitrogens with zero attached hydrogens (tertiary/aromatic N) is 1. The first-order chi connectivity index (χ1) is 10.7. The Hall–Kier alpha value is -2.60. The third kappa shape index (κ3) is 4.46. The Kier molecular flexibility index (Phi) is 5.73. The molecule has 112 valence electrons. The Morgan fingerprint density at radius 1 is 1.05 bits per heavy atom. The molecule has 0 spiro atoms. The summed E-state index contributed by atoms with van der Waals surface area (Å²) < 4.78 is 5.69. The molecule has 0 amide bonds. The van der Waals surface area contributed by atoms with Crippen molar-refractivity contribution in [1.29, 1.82) is 5.26 Å². The van der Waals surface area contributed by atoms with Gasteiger partial charge in [0.1, 0.15) is 0 Å². The SMILES string of the molecule is CC(CC#N)CC(=O)OC(c1ccccc1)c1ccccc1. The quantitative estimate of drug-likeness (QED) is 0.748. The van der Waals surface area contributed by atoms with Gasteiger partial charge in [-0.25, -0.2) is 0 Å². The predicted octanol–water partition coefficient (Wildman–Crippen LogP) is 4.26. The van der Waals surface area contributed by atoms with Gasteiger partial charge in [0.2, 0.25) is 0 Å². The van der Waals surface area contributed by atoms with E-state index in [4.69, 9.17) is 10.00 Å². The van der Waals surface area contributed by atoms with Crippen LogP contribution < -0.4 is 0 Å². The Bertz CT molecular complexity index is 592. The lowest BCUT2D eigenvalue weighted by atomic mass is 10.0. The monoisotopic (exact) mass is 293 g/mol. The van der Waals surface area contributed by atoms with E-state index in [1.54, 1.807) is 0 Å². The summed E-state index contributed by atoms with van der Waals surface area (Å²) in [6.45, 7) is 1.88. The summed E-state index contributed by atoms with van der Waals surface area (Å²) in [4.78, 5) is 12.2. The molecule has 3 nitrogen and oxygen atoms in total. The minimum atomic E-state index is -0.413. The second kappa shape index (κ2) is 7.99. The van der Waals surface area contributed by atoms with Crippen molar-refractivity contribution in [3.8, 4) is 6.07 Å². The van der Waals surface area contributed by atoms with Gasteiger partial charge in [-0.3, -0.25) is 4.79 Å². The Balaban J connectivity index is 2.16. The third-order valence-electron chi connectivity index (χ3n) is 3.41. The fourth-order valence-electron chi connectivity index (χ4n) is 2.28. The second-order valence-corrected chi connectivity index (χ2v) is 5.36. The van der Waals surface area contributed by atoms with Crippen LogP contribution >= 0.6 is 0 Å². The van der Waals surface area contributed by atoms with Crippen molar-refractivity contribution in [2.75, 3.05) is 0 Å². The normalized spacial score (nSPS) is 11.7. The summed E-state index contributed by atoms with van der Waals surface area (Å²) in [5.41, 5.74) is 1.88. The van der Waals surface area contributed by atoms with Gasteiger partial charge in [-0.15, -0.1) is 0 Å². The van der Waals surface area contributed by atoms with Crippen molar-refractivity contribution in [2.24, 2.45) is 5.92 Å². The highest BCUT2D eigenvalue weighted by atomic mass is 16.5. The number of hydrogen-bond donors (Lipinski definition) is 0. The molecule has 3 heteroatoms. The molecule has 0 aliphatic carbocycles. The molecule has 2 aromatic rings. The Morgan fingerprint density at radius 3 is 2.00 bits per heavy atom. The van der Waals surface area contributed by atoms with Crippen molar-refractivity contribution >= 4 is 5.97 Å². The molecule has 0 radical (unpaired) electrons. The van der Waals surface area contributed by atoms with Gasteiger partial charge in [0, 0.05) is 12.8 Å². The molecule has 0 saturated carbocycles. The standard InChI is InChI=1S/C19H19NO2/c1-15(12-13-20)14-18(21)22-19(16-8-4-2-5-9-16)17-10-6-3-7-11-17/h2-11,15,19H,12,14H2,1H3. The van der Waals surface area contributed by atoms with Gasteiger partial charge in [0.25, 0.3) is 0 Å². The molecule has 0 aliphatic heterocycles. The molecule has 22 heavy (non-hydrogen) atoms. The van der Waals surface area contributed by atoms with E-state index in [1.807, 2.05) is 67.6 Å². The molecule has 0 aliphatic rings. The van der Waals surface area contributed by atoms with E-state index in [0.717, 1.165) is 11.1 Å². The molecule has 1 unspecified atom stereocenters. The fourth-order valence-corrected chi connectivity index (χ4v) is 2.28. The summed E-state index contributed by atoms with van der Waals surface area (Å²) in [6.07, 6.45) is 0.198. The largest absolute Gasteiger partial charge is 0.453 e. The molecule has 0 aromatic heterocycles. The van der Waals surface area contributed by atoms with Gasteiger partial charge in [0.05, 0.1) is 6.07 Å². The molecule has 0 N–H and O–H groups in total. The molecular weight excluding hydrogens is 274 g/mol. The van der Waals surface area contributed by atoms with Gasteiger partial charge in [-0.05, 0) is 17.0 Å². The average molecular weight is 293 g/mol. The van der Waals surface area contributed by atoms with Gasteiger partial charge < -0.3 is 4.74 Å². The maximum atomic E-state index is 12.2. The highest BCUT2D eigenvalue weighted by Crippen LogP contribution is 2.26. The van der Waals surface area contributed by atoms with Crippen molar-refractivity contribution in [3.05, 3.63) is 71.8 Å². The zero-order chi connectivity index (χ0) is 15.8. The van der Waals surface area contributed by atoms with E-state index in [0.29, 0.717) is 6.42 Å². The second-order valence-electron chi connectivity index (χ2n) is 5.36. The highest BCUT2D eigenvalue weighted by Gasteiger charge is 2.20. The fraction of sp³-hybridized carbons (Fsp3) is 0.263. The van der Waals surface area contributed by atoms with Crippen LogP contribution in [0.3, 0.4) is 0 Å². The predicted molar refractivity (Wildman–Crippen MR) is 84.8 cm³/mol. The maximum absolute atomic E-state index is 12.2. The third-order valence-corrected chi connectivity index (χ3v) is 3.41. The summed E-state index contributed by atoms with van der Waals surface area (Å²) in [5, 5.41) is 8.69. The van der Waals surface area contributed by atoms with Gasteiger partial charge in [0.15, 0.2) is 6.10 Å². The van der Waals surface area contributed by atoms with Crippen LogP contribution in [0.1, 0.15) is 37.0 Å². The Morgan fingerprint density at radius 2 is 1.55 bits per heavy atom. The number of nitriles is 1. The minimum Gasteiger partial charge on any atom is -0.453 e. The van der Waals surface area contributed by atoms with E-state index in [2.05, 4.69) is 6.07 Å². The van der Waals surface area contributed by atoms with Crippen LogP contribution in [0.15, 0.2) is 60.7 Å². The first-order valence-electron chi connectivity index (χ1n) is 7.37. The molecular formula is C19H19NO2. The van der Waals surface area contributed by atoms with E-state index in [-0.39, 0.29) is 18.3 Å². The van der Waals surface area contributed by atoms with Crippen molar-refractivity contribution < 1.29 is 9.53 Å². The average Bonchev–Trinajstić information content (AvgIpc) is 2.54. The molecule has 2 aromatic carbocycles. The van der Waals surface area contributed by atoms with Crippen LogP contribution in [0, 0.1) is 17.2 Å². The molecule has 0 fully saturated rings.